The van der Waals surface area contributed by atoms with Crippen molar-refractivity contribution >= 4 is 17.4 Å². The van der Waals surface area contributed by atoms with Crippen LogP contribution in [0.25, 0.3) is 22.6 Å². The lowest BCUT2D eigenvalue weighted by Gasteiger charge is -2.18. The molecule has 0 bridgehead atoms. The highest BCUT2D eigenvalue weighted by atomic mass is 35.5. The molecule has 3 heterocycles. The SMILES string of the molecule is N#CC1CCN(c2cc(-c3ccc(Cl)cc3)nc(-c3cccnc3)n2)C1. The molecule has 0 N–H and O–H groups in total. The van der Waals surface area contributed by atoms with Crippen LogP contribution in [-0.2, 0) is 0 Å². The number of nitriles is 1. The third-order valence-corrected chi connectivity index (χ3v) is 4.72. The molecule has 0 radical (unpaired) electrons. The largest absolute Gasteiger partial charge is 0.355 e. The summed E-state index contributed by atoms with van der Waals surface area (Å²) >= 11 is 6.01. The minimum Gasteiger partial charge on any atom is -0.355 e. The van der Waals surface area contributed by atoms with Crippen molar-refractivity contribution in [1.29, 1.82) is 5.26 Å². The van der Waals surface area contributed by atoms with Gasteiger partial charge < -0.3 is 4.90 Å². The number of hydrogen-bond acceptors (Lipinski definition) is 5. The van der Waals surface area contributed by atoms with E-state index in [9.17, 15) is 5.26 Å². The van der Waals surface area contributed by atoms with Gasteiger partial charge in [0.05, 0.1) is 17.7 Å². The zero-order valence-corrected chi connectivity index (χ0v) is 14.8. The van der Waals surface area contributed by atoms with Crippen LogP contribution in [0.2, 0.25) is 5.02 Å². The Morgan fingerprint density at radius 2 is 1.96 bits per heavy atom. The molecule has 1 fully saturated rings. The summed E-state index contributed by atoms with van der Waals surface area (Å²) in [6.45, 7) is 1.52. The smallest absolute Gasteiger partial charge is 0.163 e. The average Bonchev–Trinajstić information content (AvgIpc) is 3.18. The predicted octanol–water partition coefficient (Wildman–Crippen LogP) is 4.21. The topological polar surface area (TPSA) is 65.7 Å². The molecular formula is C20H16ClN5. The van der Waals surface area contributed by atoms with Gasteiger partial charge in [0.15, 0.2) is 5.82 Å². The predicted molar refractivity (Wildman–Crippen MR) is 102 cm³/mol. The van der Waals surface area contributed by atoms with E-state index in [1.54, 1.807) is 12.4 Å². The molecule has 0 spiro atoms. The van der Waals surface area contributed by atoms with Gasteiger partial charge in [-0.05, 0) is 30.7 Å². The zero-order valence-electron chi connectivity index (χ0n) is 14.0. The number of aromatic nitrogens is 3. The van der Waals surface area contributed by atoms with Crippen LogP contribution in [-0.4, -0.2) is 28.0 Å². The molecule has 1 saturated heterocycles. The highest BCUT2D eigenvalue weighted by Gasteiger charge is 2.24. The van der Waals surface area contributed by atoms with Crippen molar-refractivity contribution < 1.29 is 0 Å². The molecule has 128 valence electrons. The van der Waals surface area contributed by atoms with Crippen LogP contribution in [0.4, 0.5) is 5.82 Å². The first kappa shape index (κ1) is 16.5. The fourth-order valence-electron chi connectivity index (χ4n) is 3.06. The van der Waals surface area contributed by atoms with Gasteiger partial charge in [0.25, 0.3) is 0 Å². The van der Waals surface area contributed by atoms with E-state index in [2.05, 4.69) is 16.0 Å². The van der Waals surface area contributed by atoms with Crippen molar-refractivity contribution in [2.75, 3.05) is 18.0 Å². The summed E-state index contributed by atoms with van der Waals surface area (Å²) in [7, 11) is 0. The second kappa shape index (κ2) is 7.11. The monoisotopic (exact) mass is 361 g/mol. The van der Waals surface area contributed by atoms with Crippen LogP contribution < -0.4 is 4.90 Å². The first-order chi connectivity index (χ1) is 12.7. The van der Waals surface area contributed by atoms with E-state index in [-0.39, 0.29) is 5.92 Å². The lowest BCUT2D eigenvalue weighted by Crippen LogP contribution is -2.21. The Balaban J connectivity index is 1.80. The minimum atomic E-state index is 0.0470. The summed E-state index contributed by atoms with van der Waals surface area (Å²) in [5.41, 5.74) is 2.66. The number of rotatable bonds is 3. The standard InChI is InChI=1S/C20H16ClN5/c21-17-5-3-15(4-6-17)18-10-19(26-9-7-14(11-22)13-26)25-20(24-18)16-2-1-8-23-12-16/h1-6,8,10,12,14H,7,9,13H2. The van der Waals surface area contributed by atoms with Crippen molar-refractivity contribution in [1.82, 2.24) is 15.0 Å². The van der Waals surface area contributed by atoms with Crippen molar-refractivity contribution in [3.8, 4) is 28.7 Å². The molecule has 0 saturated carbocycles. The summed E-state index contributed by atoms with van der Waals surface area (Å²) < 4.78 is 0. The van der Waals surface area contributed by atoms with Crippen LogP contribution in [0, 0.1) is 17.2 Å². The number of pyridine rings is 1. The van der Waals surface area contributed by atoms with Crippen molar-refractivity contribution in [2.45, 2.75) is 6.42 Å². The van der Waals surface area contributed by atoms with Crippen molar-refractivity contribution in [2.24, 2.45) is 5.92 Å². The van der Waals surface area contributed by atoms with Crippen LogP contribution >= 0.6 is 11.6 Å². The normalized spacial score (nSPS) is 16.5. The Kier molecular flexibility index (Phi) is 4.51. The molecule has 1 aromatic carbocycles. The second-order valence-electron chi connectivity index (χ2n) is 6.24. The second-order valence-corrected chi connectivity index (χ2v) is 6.68. The molecule has 4 rings (SSSR count). The molecule has 1 unspecified atom stereocenters. The van der Waals surface area contributed by atoms with Gasteiger partial charge in [-0.2, -0.15) is 5.26 Å². The molecule has 2 aromatic heterocycles. The Morgan fingerprint density at radius 3 is 2.65 bits per heavy atom. The maximum atomic E-state index is 9.19. The molecule has 0 aliphatic carbocycles. The fraction of sp³-hybridized carbons (Fsp3) is 0.200. The van der Waals surface area contributed by atoms with Gasteiger partial charge in [-0.1, -0.05) is 23.7 Å². The highest BCUT2D eigenvalue weighted by Crippen LogP contribution is 2.29. The van der Waals surface area contributed by atoms with Crippen molar-refractivity contribution in [3.63, 3.8) is 0 Å². The molecule has 1 aliphatic rings. The summed E-state index contributed by atoms with van der Waals surface area (Å²) in [5, 5.41) is 9.88. The molecule has 6 heteroatoms. The minimum absolute atomic E-state index is 0.0470. The fourth-order valence-corrected chi connectivity index (χ4v) is 3.19. The highest BCUT2D eigenvalue weighted by molar-refractivity contribution is 6.30. The van der Waals surface area contributed by atoms with Crippen LogP contribution in [0.15, 0.2) is 54.9 Å². The number of anilines is 1. The quantitative estimate of drug-likeness (QED) is 0.699. The van der Waals surface area contributed by atoms with E-state index in [0.29, 0.717) is 17.4 Å². The maximum Gasteiger partial charge on any atom is 0.163 e. The van der Waals surface area contributed by atoms with Gasteiger partial charge in [0.2, 0.25) is 0 Å². The molecule has 3 aromatic rings. The van der Waals surface area contributed by atoms with E-state index in [0.717, 1.165) is 35.6 Å². The Bertz CT molecular complexity index is 950. The lowest BCUT2D eigenvalue weighted by molar-refractivity contribution is 0.754. The zero-order chi connectivity index (χ0) is 17.9. The third kappa shape index (κ3) is 3.37. The Labute approximate surface area is 156 Å². The van der Waals surface area contributed by atoms with E-state index in [4.69, 9.17) is 21.6 Å². The van der Waals surface area contributed by atoms with Crippen molar-refractivity contribution in [3.05, 3.63) is 59.9 Å². The first-order valence-corrected chi connectivity index (χ1v) is 8.81. The van der Waals surface area contributed by atoms with Gasteiger partial charge in [0, 0.05) is 47.7 Å². The van der Waals surface area contributed by atoms with Crippen LogP contribution in [0.3, 0.4) is 0 Å². The summed E-state index contributed by atoms with van der Waals surface area (Å²) in [5.74, 6) is 1.51. The van der Waals surface area contributed by atoms with Gasteiger partial charge in [-0.25, -0.2) is 9.97 Å². The van der Waals surface area contributed by atoms with Gasteiger partial charge in [-0.3, -0.25) is 4.98 Å². The number of nitrogens with zero attached hydrogens (tertiary/aromatic N) is 5. The van der Waals surface area contributed by atoms with E-state index >= 15 is 0 Å². The lowest BCUT2D eigenvalue weighted by atomic mass is 10.1. The summed E-state index contributed by atoms with van der Waals surface area (Å²) in [4.78, 5) is 15.8. The molecular weight excluding hydrogens is 346 g/mol. The summed E-state index contributed by atoms with van der Waals surface area (Å²) in [6, 6.07) is 15.7. The maximum absolute atomic E-state index is 9.19. The van der Waals surface area contributed by atoms with Crippen LogP contribution in [0.1, 0.15) is 6.42 Å². The average molecular weight is 362 g/mol. The van der Waals surface area contributed by atoms with E-state index in [1.807, 2.05) is 42.5 Å². The van der Waals surface area contributed by atoms with Gasteiger partial charge in [0.1, 0.15) is 5.82 Å². The molecule has 26 heavy (non-hydrogen) atoms. The first-order valence-electron chi connectivity index (χ1n) is 8.43. The van der Waals surface area contributed by atoms with E-state index < -0.39 is 0 Å². The Morgan fingerprint density at radius 1 is 1.12 bits per heavy atom. The third-order valence-electron chi connectivity index (χ3n) is 4.47. The van der Waals surface area contributed by atoms with Gasteiger partial charge in [-0.15, -0.1) is 0 Å². The molecule has 0 amide bonds. The molecule has 5 nitrogen and oxygen atoms in total. The molecule has 1 aliphatic heterocycles. The number of benzene rings is 1. The van der Waals surface area contributed by atoms with E-state index in [1.165, 1.54) is 0 Å². The Hall–Kier alpha value is -2.97. The van der Waals surface area contributed by atoms with Gasteiger partial charge >= 0.3 is 0 Å². The number of hydrogen-bond donors (Lipinski definition) is 0. The van der Waals surface area contributed by atoms with Crippen LogP contribution in [0.5, 0.6) is 0 Å². The number of halogens is 1. The summed E-state index contributed by atoms with van der Waals surface area (Å²) in [6.07, 6.45) is 4.34. The molecule has 1 atom stereocenters.